The first-order valence-electron chi connectivity index (χ1n) is 7.94. The number of hydrogen-bond donors (Lipinski definition) is 2. The summed E-state index contributed by atoms with van der Waals surface area (Å²) in [5.41, 5.74) is 0.478. The molecule has 3 rings (SSSR count). The second kappa shape index (κ2) is 7.41. The molecular formula is C18H15FN2O6S. The lowest BCUT2D eigenvalue weighted by atomic mass is 10.1. The number of carbonyl (C=O) groups excluding carboxylic acids is 2. The van der Waals surface area contributed by atoms with Gasteiger partial charge in [0.25, 0.3) is 5.91 Å². The molecular weight excluding hydrogens is 391 g/mol. The Morgan fingerprint density at radius 1 is 1.21 bits per heavy atom. The number of carbonyl (C=O) groups is 2. The van der Waals surface area contributed by atoms with Crippen molar-refractivity contribution in [1.82, 2.24) is 0 Å². The summed E-state index contributed by atoms with van der Waals surface area (Å²) in [6.07, 6.45) is 0. The fourth-order valence-electron chi connectivity index (χ4n) is 2.55. The Balaban J connectivity index is 1.68. The Hall–Kier alpha value is -3.24. The first kappa shape index (κ1) is 19.5. The van der Waals surface area contributed by atoms with Crippen molar-refractivity contribution in [1.29, 1.82) is 0 Å². The standard InChI is InChI=1S/C18H15FN2O6S/c1-10-13-6-3-7-14(19)17(13)27-16(10)18(23)26-9-15(22)21-11-4-2-5-12(8-11)28(20,24)25/h2-8H,9H2,1H3,(H,21,22)(H2,20,24,25). The van der Waals surface area contributed by atoms with E-state index in [0.29, 0.717) is 10.9 Å². The van der Waals surface area contributed by atoms with E-state index in [2.05, 4.69) is 5.32 Å². The Morgan fingerprint density at radius 3 is 2.61 bits per heavy atom. The molecule has 8 nitrogen and oxygen atoms in total. The molecule has 0 saturated heterocycles. The lowest BCUT2D eigenvalue weighted by molar-refractivity contribution is -0.119. The SMILES string of the molecule is Cc1c(C(=O)OCC(=O)Nc2cccc(S(N)(=O)=O)c2)oc2c(F)cccc12. The van der Waals surface area contributed by atoms with Crippen LogP contribution in [0.1, 0.15) is 16.1 Å². The van der Waals surface area contributed by atoms with Crippen molar-refractivity contribution in [3.63, 3.8) is 0 Å². The summed E-state index contributed by atoms with van der Waals surface area (Å²) in [6, 6.07) is 9.56. The lowest BCUT2D eigenvalue weighted by Gasteiger charge is -2.07. The summed E-state index contributed by atoms with van der Waals surface area (Å²) < 4.78 is 46.5. The zero-order valence-electron chi connectivity index (χ0n) is 14.6. The number of halogens is 1. The van der Waals surface area contributed by atoms with Crippen LogP contribution in [0.15, 0.2) is 51.8 Å². The predicted octanol–water partition coefficient (Wildman–Crippen LogP) is 2.32. The Labute approximate surface area is 159 Å². The van der Waals surface area contributed by atoms with Gasteiger partial charge >= 0.3 is 5.97 Å². The Kier molecular flexibility index (Phi) is 5.16. The van der Waals surface area contributed by atoms with Crippen molar-refractivity contribution in [3.05, 3.63) is 59.6 Å². The maximum absolute atomic E-state index is 13.8. The molecule has 0 unspecified atom stereocenters. The maximum Gasteiger partial charge on any atom is 0.375 e. The number of nitrogens with two attached hydrogens (primary N) is 1. The number of primary sulfonamides is 1. The second-order valence-corrected chi connectivity index (χ2v) is 7.43. The van der Waals surface area contributed by atoms with Gasteiger partial charge in [-0.05, 0) is 31.2 Å². The van der Waals surface area contributed by atoms with Gasteiger partial charge in [-0.3, -0.25) is 4.79 Å². The molecule has 0 bridgehead atoms. The van der Waals surface area contributed by atoms with Crippen LogP contribution in [0.4, 0.5) is 10.1 Å². The van der Waals surface area contributed by atoms with Gasteiger partial charge in [-0.25, -0.2) is 22.7 Å². The van der Waals surface area contributed by atoms with Crippen LogP contribution in [0.5, 0.6) is 0 Å². The van der Waals surface area contributed by atoms with Crippen LogP contribution in [-0.2, 0) is 19.6 Å². The molecule has 0 aliphatic rings. The van der Waals surface area contributed by atoms with Gasteiger partial charge in [-0.2, -0.15) is 0 Å². The van der Waals surface area contributed by atoms with E-state index in [9.17, 15) is 22.4 Å². The molecule has 1 amide bonds. The van der Waals surface area contributed by atoms with Crippen LogP contribution < -0.4 is 10.5 Å². The minimum absolute atomic E-state index is 0.0730. The first-order chi connectivity index (χ1) is 13.2. The fraction of sp³-hybridized carbons (Fsp3) is 0.111. The van der Waals surface area contributed by atoms with Gasteiger partial charge in [0.15, 0.2) is 18.0 Å². The third-order valence-electron chi connectivity index (χ3n) is 3.88. The van der Waals surface area contributed by atoms with Crippen molar-refractivity contribution in [3.8, 4) is 0 Å². The predicted molar refractivity (Wildman–Crippen MR) is 97.6 cm³/mol. The molecule has 2 aromatic carbocycles. The highest BCUT2D eigenvalue weighted by Crippen LogP contribution is 2.27. The fourth-order valence-corrected chi connectivity index (χ4v) is 3.11. The maximum atomic E-state index is 13.8. The van der Waals surface area contributed by atoms with Gasteiger partial charge in [0.2, 0.25) is 15.8 Å². The number of hydrogen-bond acceptors (Lipinski definition) is 6. The van der Waals surface area contributed by atoms with Crippen LogP contribution in [0.25, 0.3) is 11.0 Å². The van der Waals surface area contributed by atoms with E-state index in [1.165, 1.54) is 36.4 Å². The van der Waals surface area contributed by atoms with Gasteiger partial charge in [0.05, 0.1) is 4.90 Å². The van der Waals surface area contributed by atoms with Crippen molar-refractivity contribution < 1.29 is 31.6 Å². The lowest BCUT2D eigenvalue weighted by Crippen LogP contribution is -2.21. The third-order valence-corrected chi connectivity index (χ3v) is 4.79. The number of fused-ring (bicyclic) bond motifs is 1. The molecule has 146 valence electrons. The van der Waals surface area contributed by atoms with Crippen LogP contribution in [0.3, 0.4) is 0 Å². The highest BCUT2D eigenvalue weighted by atomic mass is 32.2. The molecule has 0 saturated carbocycles. The average Bonchev–Trinajstić information content (AvgIpc) is 2.98. The number of para-hydroxylation sites is 1. The van der Waals surface area contributed by atoms with E-state index in [-0.39, 0.29) is 21.9 Å². The monoisotopic (exact) mass is 406 g/mol. The largest absolute Gasteiger partial charge is 0.450 e. The van der Waals surface area contributed by atoms with E-state index in [0.717, 1.165) is 0 Å². The van der Waals surface area contributed by atoms with Crippen LogP contribution in [0.2, 0.25) is 0 Å². The number of esters is 1. The van der Waals surface area contributed by atoms with Crippen LogP contribution in [0, 0.1) is 12.7 Å². The van der Waals surface area contributed by atoms with Crippen molar-refractivity contribution in [2.75, 3.05) is 11.9 Å². The molecule has 0 fully saturated rings. The molecule has 0 aliphatic carbocycles. The number of ether oxygens (including phenoxy) is 1. The number of anilines is 1. The highest BCUT2D eigenvalue weighted by Gasteiger charge is 2.21. The first-order valence-corrected chi connectivity index (χ1v) is 9.49. The number of aryl methyl sites for hydroxylation is 1. The van der Waals surface area contributed by atoms with Crippen LogP contribution in [-0.4, -0.2) is 26.9 Å². The van der Waals surface area contributed by atoms with E-state index in [1.54, 1.807) is 13.0 Å². The molecule has 3 aromatic rings. The molecule has 0 atom stereocenters. The van der Waals surface area contributed by atoms with E-state index < -0.39 is 34.3 Å². The molecule has 1 heterocycles. The van der Waals surface area contributed by atoms with Gasteiger partial charge in [0, 0.05) is 16.6 Å². The molecule has 10 heteroatoms. The molecule has 0 spiro atoms. The molecule has 28 heavy (non-hydrogen) atoms. The quantitative estimate of drug-likeness (QED) is 0.626. The van der Waals surface area contributed by atoms with Gasteiger partial charge in [-0.1, -0.05) is 18.2 Å². The number of amides is 1. The normalized spacial score (nSPS) is 11.4. The summed E-state index contributed by atoms with van der Waals surface area (Å²) in [5, 5.41) is 7.84. The molecule has 3 N–H and O–H groups in total. The Bertz CT molecular complexity index is 1190. The Morgan fingerprint density at radius 2 is 1.93 bits per heavy atom. The van der Waals surface area contributed by atoms with E-state index >= 15 is 0 Å². The number of nitrogens with one attached hydrogen (secondary N) is 1. The number of sulfonamides is 1. The second-order valence-electron chi connectivity index (χ2n) is 5.87. The summed E-state index contributed by atoms with van der Waals surface area (Å²) in [7, 11) is -3.92. The van der Waals surface area contributed by atoms with Crippen molar-refractivity contribution in [2.24, 2.45) is 5.14 Å². The van der Waals surface area contributed by atoms with E-state index in [4.69, 9.17) is 14.3 Å². The highest BCUT2D eigenvalue weighted by molar-refractivity contribution is 7.89. The van der Waals surface area contributed by atoms with Gasteiger partial charge in [-0.15, -0.1) is 0 Å². The van der Waals surface area contributed by atoms with E-state index in [1.807, 2.05) is 0 Å². The number of furan rings is 1. The zero-order valence-corrected chi connectivity index (χ0v) is 15.4. The minimum atomic E-state index is -3.92. The summed E-state index contributed by atoms with van der Waals surface area (Å²) in [6.45, 7) is 0.915. The summed E-state index contributed by atoms with van der Waals surface area (Å²) in [4.78, 5) is 24.0. The van der Waals surface area contributed by atoms with Gasteiger partial charge in [0.1, 0.15) is 0 Å². The average molecular weight is 406 g/mol. The molecule has 1 aromatic heterocycles. The molecule has 0 aliphatic heterocycles. The smallest absolute Gasteiger partial charge is 0.375 e. The number of benzene rings is 2. The minimum Gasteiger partial charge on any atom is -0.450 e. The third kappa shape index (κ3) is 4.02. The zero-order chi connectivity index (χ0) is 20.5. The summed E-state index contributed by atoms with van der Waals surface area (Å²) >= 11 is 0. The topological polar surface area (TPSA) is 129 Å². The van der Waals surface area contributed by atoms with Gasteiger partial charge < -0.3 is 14.5 Å². The van der Waals surface area contributed by atoms with Crippen LogP contribution >= 0.6 is 0 Å². The van der Waals surface area contributed by atoms with Crippen molar-refractivity contribution >= 4 is 38.6 Å². The molecule has 0 radical (unpaired) electrons. The summed E-state index contributed by atoms with van der Waals surface area (Å²) in [5.74, 6) is -2.46. The number of rotatable bonds is 5. The van der Waals surface area contributed by atoms with Crippen molar-refractivity contribution in [2.45, 2.75) is 11.8 Å².